The molecule has 1 fully saturated rings. The maximum Gasteiger partial charge on any atom is 0.338 e. The average Bonchev–Trinajstić information content (AvgIpc) is 2.76. The molecule has 0 radical (unpaired) electrons. The lowest BCUT2D eigenvalue weighted by Gasteiger charge is -2.38. The van der Waals surface area contributed by atoms with Crippen LogP contribution in [0.4, 0.5) is 0 Å². The van der Waals surface area contributed by atoms with E-state index in [1.807, 2.05) is 17.0 Å². The molecular weight excluding hydrogens is 418 g/mol. The third-order valence-electron chi connectivity index (χ3n) is 5.34. The largest absolute Gasteiger partial charge is 0.488 e. The zero-order valence-electron chi connectivity index (χ0n) is 17.9. The van der Waals surface area contributed by atoms with E-state index in [-0.39, 0.29) is 37.8 Å². The minimum atomic E-state index is -0.457. The molecular formula is C24H28ClNO5. The van der Waals surface area contributed by atoms with E-state index >= 15 is 0 Å². The first kappa shape index (κ1) is 22.9. The van der Waals surface area contributed by atoms with Gasteiger partial charge < -0.3 is 19.1 Å². The summed E-state index contributed by atoms with van der Waals surface area (Å²) in [5, 5.41) is 0.507. The Morgan fingerprint density at radius 1 is 0.968 bits per heavy atom. The van der Waals surface area contributed by atoms with Crippen molar-refractivity contribution in [3.8, 4) is 11.5 Å². The Morgan fingerprint density at radius 2 is 1.65 bits per heavy atom. The number of para-hydroxylation sites is 1. The van der Waals surface area contributed by atoms with E-state index in [0.717, 1.165) is 19.3 Å². The Kier molecular flexibility index (Phi) is 8.18. The number of carbonyl (C=O) groups excluding carboxylic acids is 2. The molecule has 7 heteroatoms. The van der Waals surface area contributed by atoms with Gasteiger partial charge in [-0.1, -0.05) is 23.7 Å². The van der Waals surface area contributed by atoms with Gasteiger partial charge in [0.05, 0.1) is 10.6 Å². The van der Waals surface area contributed by atoms with Crippen LogP contribution in [-0.4, -0.2) is 48.7 Å². The average molecular weight is 446 g/mol. The molecule has 1 heterocycles. The van der Waals surface area contributed by atoms with Gasteiger partial charge in [0.1, 0.15) is 24.7 Å². The number of amides is 1. The molecule has 1 saturated heterocycles. The SMILES string of the molecule is CC1CCCC(C)N1C(=O)COc1ccc(C(=O)OCCOc2ccccc2Cl)cc1. The third-order valence-corrected chi connectivity index (χ3v) is 5.66. The smallest absolute Gasteiger partial charge is 0.338 e. The van der Waals surface area contributed by atoms with Gasteiger partial charge >= 0.3 is 5.97 Å². The van der Waals surface area contributed by atoms with Gasteiger partial charge in [0.15, 0.2) is 6.61 Å². The lowest BCUT2D eigenvalue weighted by atomic mass is 9.97. The van der Waals surface area contributed by atoms with Crippen molar-refractivity contribution in [2.45, 2.75) is 45.2 Å². The Balaban J connectivity index is 1.42. The Labute approximate surface area is 188 Å². The number of likely N-dealkylation sites (tertiary alicyclic amines) is 1. The van der Waals surface area contributed by atoms with E-state index in [4.69, 9.17) is 25.8 Å². The number of esters is 1. The molecule has 0 spiro atoms. The standard InChI is InChI=1S/C24H28ClNO5/c1-17-6-5-7-18(2)26(17)23(27)16-31-20-12-10-19(11-13-20)24(28)30-15-14-29-22-9-4-3-8-21(22)25/h3-4,8-13,17-18H,5-7,14-16H2,1-2H3. The molecule has 0 bridgehead atoms. The Hall–Kier alpha value is -2.73. The van der Waals surface area contributed by atoms with Gasteiger partial charge in [-0.3, -0.25) is 4.79 Å². The molecule has 0 aliphatic carbocycles. The molecule has 2 unspecified atom stereocenters. The monoisotopic (exact) mass is 445 g/mol. The minimum Gasteiger partial charge on any atom is -0.488 e. The summed E-state index contributed by atoms with van der Waals surface area (Å²) >= 11 is 6.01. The predicted octanol–water partition coefficient (Wildman–Crippen LogP) is 4.74. The van der Waals surface area contributed by atoms with Gasteiger partial charge in [-0.25, -0.2) is 4.79 Å². The quantitative estimate of drug-likeness (QED) is 0.433. The van der Waals surface area contributed by atoms with Crippen LogP contribution >= 0.6 is 11.6 Å². The highest BCUT2D eigenvalue weighted by Crippen LogP contribution is 2.24. The van der Waals surface area contributed by atoms with Crippen molar-refractivity contribution in [2.24, 2.45) is 0 Å². The van der Waals surface area contributed by atoms with Crippen molar-refractivity contribution in [2.75, 3.05) is 19.8 Å². The zero-order valence-corrected chi connectivity index (χ0v) is 18.6. The third kappa shape index (κ3) is 6.37. The van der Waals surface area contributed by atoms with Gasteiger partial charge in [-0.05, 0) is 69.5 Å². The van der Waals surface area contributed by atoms with Crippen LogP contribution in [0, 0.1) is 0 Å². The zero-order chi connectivity index (χ0) is 22.2. The van der Waals surface area contributed by atoms with Crippen LogP contribution in [-0.2, 0) is 9.53 Å². The van der Waals surface area contributed by atoms with E-state index in [1.54, 1.807) is 36.4 Å². The van der Waals surface area contributed by atoms with E-state index in [2.05, 4.69) is 13.8 Å². The predicted molar refractivity (Wildman–Crippen MR) is 119 cm³/mol. The second-order valence-corrected chi connectivity index (χ2v) is 8.07. The van der Waals surface area contributed by atoms with Crippen LogP contribution in [0.25, 0.3) is 0 Å². The Bertz CT molecular complexity index is 876. The molecule has 3 rings (SSSR count). The molecule has 1 aliphatic rings. The van der Waals surface area contributed by atoms with E-state index in [9.17, 15) is 9.59 Å². The number of carbonyl (C=O) groups is 2. The number of piperidine rings is 1. The number of hydrogen-bond donors (Lipinski definition) is 0. The molecule has 2 aromatic rings. The van der Waals surface area contributed by atoms with Crippen molar-refractivity contribution < 1.29 is 23.8 Å². The Morgan fingerprint density at radius 3 is 2.32 bits per heavy atom. The number of rotatable bonds is 8. The maximum atomic E-state index is 12.5. The molecule has 1 aliphatic heterocycles. The molecule has 0 aromatic heterocycles. The van der Waals surface area contributed by atoms with Crippen molar-refractivity contribution in [1.82, 2.24) is 4.90 Å². The summed E-state index contributed by atoms with van der Waals surface area (Å²) in [6, 6.07) is 14.1. The molecule has 1 amide bonds. The van der Waals surface area contributed by atoms with Gasteiger partial charge in [-0.2, -0.15) is 0 Å². The van der Waals surface area contributed by atoms with E-state index in [0.29, 0.717) is 22.1 Å². The molecule has 31 heavy (non-hydrogen) atoms. The first-order valence-electron chi connectivity index (χ1n) is 10.5. The minimum absolute atomic E-state index is 0.0123. The number of nitrogens with zero attached hydrogens (tertiary/aromatic N) is 1. The molecule has 6 nitrogen and oxygen atoms in total. The molecule has 0 N–H and O–H groups in total. The lowest BCUT2D eigenvalue weighted by Crippen LogP contribution is -2.49. The maximum absolute atomic E-state index is 12.5. The number of benzene rings is 2. The second-order valence-electron chi connectivity index (χ2n) is 7.66. The van der Waals surface area contributed by atoms with Gasteiger partial charge in [0, 0.05) is 12.1 Å². The fourth-order valence-electron chi connectivity index (χ4n) is 3.75. The lowest BCUT2D eigenvalue weighted by molar-refractivity contribution is -0.139. The summed E-state index contributed by atoms with van der Waals surface area (Å²) in [6.07, 6.45) is 3.20. The highest BCUT2D eigenvalue weighted by Gasteiger charge is 2.28. The van der Waals surface area contributed by atoms with Crippen LogP contribution in [0.5, 0.6) is 11.5 Å². The highest BCUT2D eigenvalue weighted by atomic mass is 35.5. The fraction of sp³-hybridized carbons (Fsp3) is 0.417. The number of ether oxygens (including phenoxy) is 3. The van der Waals surface area contributed by atoms with Crippen LogP contribution in [0.2, 0.25) is 5.02 Å². The summed E-state index contributed by atoms with van der Waals surface area (Å²) in [4.78, 5) is 26.6. The molecule has 2 aromatic carbocycles. The van der Waals surface area contributed by atoms with Crippen molar-refractivity contribution in [3.63, 3.8) is 0 Å². The fourth-order valence-corrected chi connectivity index (χ4v) is 3.94. The number of halogens is 1. The summed E-state index contributed by atoms with van der Waals surface area (Å²) in [5.41, 5.74) is 0.398. The highest BCUT2D eigenvalue weighted by molar-refractivity contribution is 6.32. The van der Waals surface area contributed by atoms with Gasteiger partial charge in [0.25, 0.3) is 5.91 Å². The number of hydrogen-bond acceptors (Lipinski definition) is 5. The first-order valence-corrected chi connectivity index (χ1v) is 10.9. The van der Waals surface area contributed by atoms with Crippen LogP contribution in [0.15, 0.2) is 48.5 Å². The van der Waals surface area contributed by atoms with Crippen molar-refractivity contribution in [3.05, 3.63) is 59.1 Å². The summed E-state index contributed by atoms with van der Waals surface area (Å²) in [7, 11) is 0. The molecule has 0 saturated carbocycles. The topological polar surface area (TPSA) is 65.1 Å². The van der Waals surface area contributed by atoms with Crippen molar-refractivity contribution in [1.29, 1.82) is 0 Å². The van der Waals surface area contributed by atoms with Gasteiger partial charge in [0.2, 0.25) is 0 Å². The van der Waals surface area contributed by atoms with Crippen LogP contribution < -0.4 is 9.47 Å². The first-order chi connectivity index (χ1) is 15.0. The van der Waals surface area contributed by atoms with Crippen molar-refractivity contribution >= 4 is 23.5 Å². The van der Waals surface area contributed by atoms with Crippen LogP contribution in [0.3, 0.4) is 0 Å². The normalized spacial score (nSPS) is 18.4. The summed E-state index contributed by atoms with van der Waals surface area (Å²) < 4.78 is 16.4. The second kappa shape index (κ2) is 11.0. The molecule has 166 valence electrons. The van der Waals surface area contributed by atoms with E-state index in [1.165, 1.54) is 0 Å². The van der Waals surface area contributed by atoms with E-state index < -0.39 is 5.97 Å². The summed E-state index contributed by atoms with van der Waals surface area (Å²) in [6.45, 7) is 4.44. The van der Waals surface area contributed by atoms with Gasteiger partial charge in [-0.15, -0.1) is 0 Å². The van der Waals surface area contributed by atoms with Crippen LogP contribution in [0.1, 0.15) is 43.5 Å². The molecule has 2 atom stereocenters. The summed E-state index contributed by atoms with van der Waals surface area (Å²) in [5.74, 6) is 0.608.